The number of ether oxygens (including phenoxy) is 3. The van der Waals surface area contributed by atoms with Crippen LogP contribution in [0, 0.1) is 0 Å². The summed E-state index contributed by atoms with van der Waals surface area (Å²) in [6, 6.07) is 21.7. The number of benzene rings is 3. The number of nitrogens with one attached hydrogen (secondary N) is 1. The van der Waals surface area contributed by atoms with Crippen molar-refractivity contribution in [2.24, 2.45) is 0 Å². The number of hydrogen-bond acceptors (Lipinski definition) is 6. The van der Waals surface area contributed by atoms with Gasteiger partial charge in [0.05, 0.1) is 39.1 Å². The topological polar surface area (TPSA) is 77.1 Å². The molecule has 4 rings (SSSR count). The number of para-hydroxylation sites is 2. The van der Waals surface area contributed by atoms with Gasteiger partial charge < -0.3 is 19.5 Å². The summed E-state index contributed by atoms with van der Waals surface area (Å²) in [5, 5.41) is 3.14. The second-order valence-corrected chi connectivity index (χ2v) is 7.33. The molecule has 3 aromatic carbocycles. The van der Waals surface area contributed by atoms with Gasteiger partial charge in [0.25, 0.3) is 11.8 Å². The first-order chi connectivity index (χ1) is 16.1. The van der Waals surface area contributed by atoms with Crippen LogP contribution in [0.2, 0.25) is 0 Å². The number of rotatable bonds is 8. The van der Waals surface area contributed by atoms with Crippen molar-refractivity contribution >= 4 is 23.1 Å². The minimum atomic E-state index is -0.417. The van der Waals surface area contributed by atoms with E-state index in [9.17, 15) is 9.59 Å². The summed E-state index contributed by atoms with van der Waals surface area (Å²) in [6.07, 6.45) is 0. The quantitative estimate of drug-likeness (QED) is 0.527. The average Bonchev–Trinajstić information content (AvgIpc) is 3.08. The molecule has 0 fully saturated rings. The Balaban J connectivity index is 1.81. The lowest BCUT2D eigenvalue weighted by Crippen LogP contribution is -2.32. The van der Waals surface area contributed by atoms with Crippen LogP contribution in [-0.4, -0.2) is 38.0 Å². The number of amides is 2. The lowest BCUT2D eigenvalue weighted by Gasteiger charge is -2.16. The van der Waals surface area contributed by atoms with Crippen LogP contribution in [0.4, 0.5) is 5.69 Å². The normalized spacial score (nSPS) is 13.4. The first-order valence-corrected chi connectivity index (χ1v) is 10.3. The molecular weight excluding hydrogens is 420 g/mol. The Morgan fingerprint density at radius 3 is 2.09 bits per heavy atom. The molecule has 1 aliphatic heterocycles. The summed E-state index contributed by atoms with van der Waals surface area (Å²) in [5.41, 5.74) is 2.40. The maximum absolute atomic E-state index is 13.5. The van der Waals surface area contributed by atoms with Gasteiger partial charge in [0.15, 0.2) is 11.5 Å². The molecule has 0 bridgehead atoms. The molecule has 33 heavy (non-hydrogen) atoms. The summed E-state index contributed by atoms with van der Waals surface area (Å²) in [4.78, 5) is 28.2. The van der Waals surface area contributed by atoms with Crippen LogP contribution < -0.4 is 19.5 Å². The Morgan fingerprint density at radius 1 is 0.727 bits per heavy atom. The van der Waals surface area contributed by atoms with E-state index < -0.39 is 11.8 Å². The van der Waals surface area contributed by atoms with Crippen LogP contribution in [0.5, 0.6) is 17.2 Å². The molecule has 2 amide bonds. The lowest BCUT2D eigenvalue weighted by atomic mass is 10.0. The molecule has 1 heterocycles. The highest BCUT2D eigenvalue weighted by Crippen LogP contribution is 2.37. The van der Waals surface area contributed by atoms with Crippen molar-refractivity contribution in [1.29, 1.82) is 0 Å². The second-order valence-electron chi connectivity index (χ2n) is 7.33. The summed E-state index contributed by atoms with van der Waals surface area (Å²) < 4.78 is 16.1. The van der Waals surface area contributed by atoms with E-state index in [1.54, 1.807) is 37.4 Å². The third-order valence-electron chi connectivity index (χ3n) is 5.39. The number of anilines is 1. The van der Waals surface area contributed by atoms with Crippen molar-refractivity contribution in [3.8, 4) is 17.2 Å². The molecule has 168 valence electrons. The average molecular weight is 444 g/mol. The lowest BCUT2D eigenvalue weighted by molar-refractivity contribution is -0.137. The summed E-state index contributed by atoms with van der Waals surface area (Å²) >= 11 is 0. The molecule has 0 saturated heterocycles. The third-order valence-corrected chi connectivity index (χ3v) is 5.39. The highest BCUT2D eigenvalue weighted by molar-refractivity contribution is 6.36. The first kappa shape index (κ1) is 22.0. The third kappa shape index (κ3) is 4.25. The van der Waals surface area contributed by atoms with E-state index in [-0.39, 0.29) is 17.8 Å². The molecule has 0 unspecified atom stereocenters. The van der Waals surface area contributed by atoms with E-state index in [1.807, 2.05) is 42.5 Å². The Kier molecular flexibility index (Phi) is 6.31. The van der Waals surface area contributed by atoms with Crippen LogP contribution in [-0.2, 0) is 16.1 Å². The minimum absolute atomic E-state index is 0.159. The standard InChI is InChI=1S/C26H24N2O5/c1-31-20-12-8-7-11-19(20)27-24-23(18-13-14-21(32-2)22(15-18)33-3)25(29)28(26(24)30)16-17-9-5-4-6-10-17/h4-15,27H,16H2,1-3H3. The van der Waals surface area contributed by atoms with Crippen molar-refractivity contribution < 1.29 is 23.8 Å². The SMILES string of the molecule is COc1ccccc1NC1=C(c2ccc(OC)c(OC)c2)C(=O)N(Cc2ccccc2)C1=O. The highest BCUT2D eigenvalue weighted by Gasteiger charge is 2.39. The fraction of sp³-hybridized carbons (Fsp3) is 0.154. The van der Waals surface area contributed by atoms with Crippen LogP contribution in [0.25, 0.3) is 5.57 Å². The monoisotopic (exact) mass is 444 g/mol. The van der Waals surface area contributed by atoms with Gasteiger partial charge in [-0.25, -0.2) is 0 Å². The summed E-state index contributed by atoms with van der Waals surface area (Å²) in [7, 11) is 4.61. The second kappa shape index (κ2) is 9.48. The summed E-state index contributed by atoms with van der Waals surface area (Å²) in [5.74, 6) is 0.728. The maximum Gasteiger partial charge on any atom is 0.278 e. The van der Waals surface area contributed by atoms with Crippen LogP contribution in [0.15, 0.2) is 78.5 Å². The maximum atomic E-state index is 13.5. The van der Waals surface area contributed by atoms with E-state index in [1.165, 1.54) is 19.1 Å². The zero-order valence-corrected chi connectivity index (χ0v) is 18.6. The minimum Gasteiger partial charge on any atom is -0.495 e. The van der Waals surface area contributed by atoms with Crippen molar-refractivity contribution in [1.82, 2.24) is 4.90 Å². The van der Waals surface area contributed by atoms with Gasteiger partial charge in [0, 0.05) is 0 Å². The van der Waals surface area contributed by atoms with E-state index >= 15 is 0 Å². The Hall–Kier alpha value is -4.26. The predicted octanol–water partition coefficient (Wildman–Crippen LogP) is 4.10. The van der Waals surface area contributed by atoms with Gasteiger partial charge >= 0.3 is 0 Å². The molecule has 0 atom stereocenters. The molecule has 7 heteroatoms. The Bertz CT molecular complexity index is 1220. The number of methoxy groups -OCH3 is 3. The van der Waals surface area contributed by atoms with E-state index in [2.05, 4.69) is 5.32 Å². The Labute approximate surface area is 192 Å². The molecule has 1 N–H and O–H groups in total. The zero-order valence-electron chi connectivity index (χ0n) is 18.6. The number of nitrogens with zero attached hydrogens (tertiary/aromatic N) is 1. The van der Waals surface area contributed by atoms with Crippen molar-refractivity contribution in [2.45, 2.75) is 6.54 Å². The highest BCUT2D eigenvalue weighted by atomic mass is 16.5. The van der Waals surface area contributed by atoms with Crippen molar-refractivity contribution in [2.75, 3.05) is 26.6 Å². The van der Waals surface area contributed by atoms with Gasteiger partial charge in [-0.1, -0.05) is 48.5 Å². The Morgan fingerprint density at radius 2 is 1.39 bits per heavy atom. The van der Waals surface area contributed by atoms with Crippen molar-refractivity contribution in [3.63, 3.8) is 0 Å². The van der Waals surface area contributed by atoms with Gasteiger partial charge in [-0.3, -0.25) is 14.5 Å². The van der Waals surface area contributed by atoms with Crippen molar-refractivity contribution in [3.05, 3.63) is 89.6 Å². The molecule has 0 saturated carbocycles. The van der Waals surface area contributed by atoms with Gasteiger partial charge in [-0.2, -0.15) is 0 Å². The van der Waals surface area contributed by atoms with Gasteiger partial charge in [-0.05, 0) is 35.4 Å². The molecule has 7 nitrogen and oxygen atoms in total. The number of hydrogen-bond donors (Lipinski definition) is 1. The zero-order chi connectivity index (χ0) is 23.4. The van der Waals surface area contributed by atoms with Crippen LogP contribution >= 0.6 is 0 Å². The predicted molar refractivity (Wildman–Crippen MR) is 125 cm³/mol. The molecule has 1 aliphatic rings. The smallest absolute Gasteiger partial charge is 0.278 e. The van der Waals surface area contributed by atoms with E-state index in [4.69, 9.17) is 14.2 Å². The number of imide groups is 1. The molecule has 0 spiro atoms. The number of carbonyl (C=O) groups is 2. The van der Waals surface area contributed by atoms with E-state index in [0.717, 1.165) is 5.56 Å². The molecule has 0 aromatic heterocycles. The largest absolute Gasteiger partial charge is 0.495 e. The summed E-state index contributed by atoms with van der Waals surface area (Å²) in [6.45, 7) is 0.159. The van der Waals surface area contributed by atoms with Gasteiger partial charge in [-0.15, -0.1) is 0 Å². The van der Waals surface area contributed by atoms with E-state index in [0.29, 0.717) is 28.5 Å². The first-order valence-electron chi connectivity index (χ1n) is 10.3. The fourth-order valence-corrected chi connectivity index (χ4v) is 3.74. The van der Waals surface area contributed by atoms with Gasteiger partial charge in [0.1, 0.15) is 11.4 Å². The molecular formula is C26H24N2O5. The molecule has 0 radical (unpaired) electrons. The molecule has 0 aliphatic carbocycles. The van der Waals surface area contributed by atoms with Crippen LogP contribution in [0.1, 0.15) is 11.1 Å². The van der Waals surface area contributed by atoms with Gasteiger partial charge in [0.2, 0.25) is 0 Å². The number of carbonyl (C=O) groups excluding carboxylic acids is 2. The van der Waals surface area contributed by atoms with Crippen LogP contribution in [0.3, 0.4) is 0 Å². The fourth-order valence-electron chi connectivity index (χ4n) is 3.74. The molecule has 3 aromatic rings.